The number of carbonyl (C=O) groups is 1. The average molecular weight is 190 g/mol. The Labute approximate surface area is 81.0 Å². The largest absolute Gasteiger partial charge is 0.422 e. The van der Waals surface area contributed by atoms with Crippen LogP contribution in [0, 0.1) is 18.2 Å². The highest BCUT2D eigenvalue weighted by Gasteiger charge is 2.05. The van der Waals surface area contributed by atoms with Crippen molar-refractivity contribution in [2.45, 2.75) is 0 Å². The normalized spacial score (nSPS) is 8.86. The summed E-state index contributed by atoms with van der Waals surface area (Å²) in [5.74, 6) is 1.26. The van der Waals surface area contributed by atoms with E-state index in [1.54, 1.807) is 0 Å². The molecule has 1 rings (SSSR count). The highest BCUT2D eigenvalue weighted by atomic mass is 19.1. The maximum Gasteiger partial charge on any atom is 0.335 e. The summed E-state index contributed by atoms with van der Waals surface area (Å²) in [4.78, 5) is 10.8. The van der Waals surface area contributed by atoms with Gasteiger partial charge in [-0.3, -0.25) is 0 Å². The first kappa shape index (κ1) is 10.0. The number of ether oxygens (including phenoxy) is 1. The van der Waals surface area contributed by atoms with Gasteiger partial charge in [0.05, 0.1) is 5.56 Å². The summed E-state index contributed by atoms with van der Waals surface area (Å²) in [5.41, 5.74) is 0.195. The Balaban J connectivity index is 3.04. The molecule has 0 aliphatic carbocycles. The van der Waals surface area contributed by atoms with E-state index in [-0.39, 0.29) is 11.3 Å². The van der Waals surface area contributed by atoms with E-state index in [0.717, 1.165) is 18.2 Å². The molecular formula is C11H7FO2. The third-order valence-corrected chi connectivity index (χ3v) is 1.47. The zero-order valence-electron chi connectivity index (χ0n) is 7.29. The lowest BCUT2D eigenvalue weighted by molar-refractivity contribution is -0.128. The summed E-state index contributed by atoms with van der Waals surface area (Å²) in [6.45, 7) is 3.23. The second kappa shape index (κ2) is 4.24. The standard InChI is InChI=1S/C11H7FO2/c1-3-8-7-9(12)5-6-10(8)14-11(13)4-2/h1,4-7H,2H2. The van der Waals surface area contributed by atoms with E-state index in [1.165, 1.54) is 6.07 Å². The Morgan fingerprint density at radius 1 is 1.64 bits per heavy atom. The molecule has 1 aromatic rings. The maximum absolute atomic E-state index is 12.7. The van der Waals surface area contributed by atoms with Crippen molar-refractivity contribution < 1.29 is 13.9 Å². The summed E-state index contributed by atoms with van der Waals surface area (Å²) in [6, 6.07) is 3.57. The summed E-state index contributed by atoms with van der Waals surface area (Å²) in [7, 11) is 0. The first-order valence-electron chi connectivity index (χ1n) is 3.77. The van der Waals surface area contributed by atoms with Crippen LogP contribution in [0.25, 0.3) is 0 Å². The molecule has 1 aromatic carbocycles. The van der Waals surface area contributed by atoms with Gasteiger partial charge in [0.2, 0.25) is 0 Å². The number of terminal acetylenes is 1. The van der Waals surface area contributed by atoms with Gasteiger partial charge in [-0.25, -0.2) is 9.18 Å². The summed E-state index contributed by atoms with van der Waals surface area (Å²) in [5, 5.41) is 0. The van der Waals surface area contributed by atoms with Crippen LogP contribution in [-0.4, -0.2) is 5.97 Å². The number of hydrogen-bond donors (Lipinski definition) is 0. The molecule has 0 aliphatic heterocycles. The number of carbonyl (C=O) groups excluding carboxylic acids is 1. The number of halogens is 1. The number of hydrogen-bond acceptors (Lipinski definition) is 2. The molecule has 0 N–H and O–H groups in total. The van der Waals surface area contributed by atoms with Gasteiger partial charge in [0, 0.05) is 6.08 Å². The second-order valence-electron chi connectivity index (χ2n) is 2.41. The van der Waals surface area contributed by atoms with Crippen molar-refractivity contribution in [3.63, 3.8) is 0 Å². The van der Waals surface area contributed by atoms with Crippen LogP contribution in [0.15, 0.2) is 30.9 Å². The highest BCUT2D eigenvalue weighted by molar-refractivity contribution is 5.83. The third kappa shape index (κ3) is 2.20. The van der Waals surface area contributed by atoms with Gasteiger partial charge in [0.15, 0.2) is 0 Å². The Morgan fingerprint density at radius 3 is 2.93 bits per heavy atom. The molecule has 0 saturated heterocycles. The zero-order valence-corrected chi connectivity index (χ0v) is 7.29. The molecule has 0 heterocycles. The molecule has 0 spiro atoms. The first-order chi connectivity index (χ1) is 6.67. The number of benzene rings is 1. The Hall–Kier alpha value is -2.08. The molecule has 0 fully saturated rings. The van der Waals surface area contributed by atoms with E-state index in [0.29, 0.717) is 0 Å². The molecule has 0 radical (unpaired) electrons. The molecule has 14 heavy (non-hydrogen) atoms. The van der Waals surface area contributed by atoms with Crippen molar-refractivity contribution in [1.82, 2.24) is 0 Å². The van der Waals surface area contributed by atoms with Crippen LogP contribution >= 0.6 is 0 Å². The Bertz CT molecular complexity index is 416. The SMILES string of the molecule is C#Cc1cc(F)ccc1OC(=O)C=C. The molecule has 3 heteroatoms. The van der Waals surface area contributed by atoms with Crippen LogP contribution in [0.3, 0.4) is 0 Å². The molecule has 0 atom stereocenters. The van der Waals surface area contributed by atoms with Gasteiger partial charge in [0.25, 0.3) is 0 Å². The first-order valence-corrected chi connectivity index (χ1v) is 3.77. The molecule has 2 nitrogen and oxygen atoms in total. The summed E-state index contributed by atoms with van der Waals surface area (Å²) in [6.07, 6.45) is 6.11. The predicted molar refractivity (Wildman–Crippen MR) is 50.2 cm³/mol. The van der Waals surface area contributed by atoms with Crippen LogP contribution < -0.4 is 4.74 Å². The molecule has 0 saturated carbocycles. The van der Waals surface area contributed by atoms with E-state index in [4.69, 9.17) is 11.2 Å². The lowest BCUT2D eigenvalue weighted by Gasteiger charge is -2.03. The zero-order chi connectivity index (χ0) is 10.6. The fraction of sp³-hybridized carbons (Fsp3) is 0. The van der Waals surface area contributed by atoms with Crippen molar-refractivity contribution >= 4 is 5.97 Å². The summed E-state index contributed by atoms with van der Waals surface area (Å²) < 4.78 is 17.5. The Kier molecular flexibility index (Phi) is 3.03. The van der Waals surface area contributed by atoms with Gasteiger partial charge in [-0.15, -0.1) is 6.42 Å². The molecule has 70 valence electrons. The van der Waals surface area contributed by atoms with E-state index in [2.05, 4.69) is 12.5 Å². The van der Waals surface area contributed by atoms with Crippen molar-refractivity contribution in [2.24, 2.45) is 0 Å². The lowest BCUT2D eigenvalue weighted by atomic mass is 10.2. The van der Waals surface area contributed by atoms with E-state index < -0.39 is 11.8 Å². The number of esters is 1. The van der Waals surface area contributed by atoms with Crippen LogP contribution in [0.4, 0.5) is 4.39 Å². The quantitative estimate of drug-likeness (QED) is 0.308. The van der Waals surface area contributed by atoms with Crippen LogP contribution in [0.2, 0.25) is 0 Å². The predicted octanol–water partition coefficient (Wildman–Crippen LogP) is 1.90. The van der Waals surface area contributed by atoms with E-state index in [1.807, 2.05) is 0 Å². The highest BCUT2D eigenvalue weighted by Crippen LogP contribution is 2.18. The van der Waals surface area contributed by atoms with Gasteiger partial charge < -0.3 is 4.74 Å². The van der Waals surface area contributed by atoms with Crippen molar-refractivity contribution in [3.05, 3.63) is 42.2 Å². The van der Waals surface area contributed by atoms with Crippen LogP contribution in [-0.2, 0) is 4.79 Å². The molecule has 0 bridgehead atoms. The smallest absolute Gasteiger partial charge is 0.335 e. The van der Waals surface area contributed by atoms with Crippen LogP contribution in [0.5, 0.6) is 5.75 Å². The summed E-state index contributed by atoms with van der Waals surface area (Å²) >= 11 is 0. The van der Waals surface area contributed by atoms with Gasteiger partial charge in [-0.2, -0.15) is 0 Å². The molecule has 0 aliphatic rings. The van der Waals surface area contributed by atoms with Crippen molar-refractivity contribution in [2.75, 3.05) is 0 Å². The minimum atomic E-state index is -0.631. The Morgan fingerprint density at radius 2 is 2.36 bits per heavy atom. The fourth-order valence-electron chi connectivity index (χ4n) is 0.854. The minimum Gasteiger partial charge on any atom is -0.422 e. The van der Waals surface area contributed by atoms with Gasteiger partial charge in [0.1, 0.15) is 11.6 Å². The molecular weight excluding hydrogens is 183 g/mol. The lowest BCUT2D eigenvalue weighted by Crippen LogP contribution is -2.04. The van der Waals surface area contributed by atoms with Crippen molar-refractivity contribution in [1.29, 1.82) is 0 Å². The third-order valence-electron chi connectivity index (χ3n) is 1.47. The topological polar surface area (TPSA) is 26.3 Å². The van der Waals surface area contributed by atoms with E-state index >= 15 is 0 Å². The van der Waals surface area contributed by atoms with E-state index in [9.17, 15) is 9.18 Å². The van der Waals surface area contributed by atoms with Gasteiger partial charge in [-0.05, 0) is 18.2 Å². The van der Waals surface area contributed by atoms with Crippen LogP contribution in [0.1, 0.15) is 5.56 Å². The fourth-order valence-corrected chi connectivity index (χ4v) is 0.854. The van der Waals surface area contributed by atoms with Crippen molar-refractivity contribution in [3.8, 4) is 18.1 Å². The molecule has 0 unspecified atom stereocenters. The monoisotopic (exact) mass is 190 g/mol. The number of rotatable bonds is 2. The average Bonchev–Trinajstić information content (AvgIpc) is 2.20. The van der Waals surface area contributed by atoms with Gasteiger partial charge in [-0.1, -0.05) is 12.5 Å². The minimum absolute atomic E-state index is 0.152. The maximum atomic E-state index is 12.7. The van der Waals surface area contributed by atoms with Gasteiger partial charge >= 0.3 is 5.97 Å². The molecule has 0 amide bonds. The molecule has 0 aromatic heterocycles. The second-order valence-corrected chi connectivity index (χ2v) is 2.41.